The molecular formula is C12H21F3N2. The van der Waals surface area contributed by atoms with Gasteiger partial charge in [-0.15, -0.1) is 0 Å². The maximum Gasteiger partial charge on any atom is 0.406 e. The molecule has 1 N–H and O–H groups in total. The monoisotopic (exact) mass is 250 g/mol. The van der Waals surface area contributed by atoms with Gasteiger partial charge in [0.25, 0.3) is 0 Å². The van der Waals surface area contributed by atoms with Crippen LogP contribution in [0.25, 0.3) is 0 Å². The van der Waals surface area contributed by atoms with Crippen LogP contribution in [0.4, 0.5) is 13.2 Å². The van der Waals surface area contributed by atoms with Crippen LogP contribution in [0.15, 0.2) is 0 Å². The third kappa shape index (κ3) is 2.32. The van der Waals surface area contributed by atoms with Gasteiger partial charge in [-0.3, -0.25) is 4.90 Å². The van der Waals surface area contributed by atoms with E-state index in [0.29, 0.717) is 25.6 Å². The van der Waals surface area contributed by atoms with E-state index in [9.17, 15) is 13.2 Å². The summed E-state index contributed by atoms with van der Waals surface area (Å²) in [5, 5.41) is 3.34. The minimum atomic E-state index is -4.07. The smallest absolute Gasteiger partial charge is 0.311 e. The van der Waals surface area contributed by atoms with Crippen molar-refractivity contribution in [3.63, 3.8) is 0 Å². The first-order valence-electron chi connectivity index (χ1n) is 6.46. The van der Waals surface area contributed by atoms with Crippen LogP contribution in [-0.4, -0.2) is 42.3 Å². The Kier molecular flexibility index (Phi) is 3.42. The predicted octanol–water partition coefficient (Wildman–Crippen LogP) is 2.40. The first kappa shape index (κ1) is 13.1. The third-order valence-corrected chi connectivity index (χ3v) is 4.39. The summed E-state index contributed by atoms with van der Waals surface area (Å²) in [6.45, 7) is 5.92. The Labute approximate surface area is 101 Å². The highest BCUT2D eigenvalue weighted by molar-refractivity contribution is 5.11. The second-order valence-electron chi connectivity index (χ2n) is 5.42. The van der Waals surface area contributed by atoms with Gasteiger partial charge in [-0.2, -0.15) is 13.2 Å². The predicted molar refractivity (Wildman–Crippen MR) is 60.8 cm³/mol. The van der Waals surface area contributed by atoms with E-state index in [0.717, 1.165) is 6.42 Å². The second-order valence-corrected chi connectivity index (χ2v) is 5.42. The van der Waals surface area contributed by atoms with Gasteiger partial charge in [-0.1, -0.05) is 20.3 Å². The van der Waals surface area contributed by atoms with Gasteiger partial charge in [0.05, 0.1) is 0 Å². The number of hydrogen-bond acceptors (Lipinski definition) is 2. The van der Waals surface area contributed by atoms with Crippen molar-refractivity contribution in [2.24, 2.45) is 5.92 Å². The molecule has 2 rings (SSSR count). The molecule has 1 saturated heterocycles. The molecule has 2 fully saturated rings. The number of nitrogens with one attached hydrogen (secondary N) is 1. The molecule has 0 amide bonds. The molecule has 1 saturated carbocycles. The first-order valence-corrected chi connectivity index (χ1v) is 6.46. The zero-order valence-corrected chi connectivity index (χ0v) is 10.5. The fraction of sp³-hybridized carbons (Fsp3) is 1.00. The Morgan fingerprint density at radius 2 is 2.06 bits per heavy atom. The van der Waals surface area contributed by atoms with E-state index >= 15 is 0 Å². The van der Waals surface area contributed by atoms with Crippen molar-refractivity contribution >= 4 is 0 Å². The van der Waals surface area contributed by atoms with E-state index < -0.39 is 11.7 Å². The normalized spacial score (nSPS) is 31.2. The SMILES string of the molecule is CCC(C)C1CN(C2(C(F)(F)F)CC2)CCN1. The lowest BCUT2D eigenvalue weighted by molar-refractivity contribution is -0.199. The molecule has 2 nitrogen and oxygen atoms in total. The van der Waals surface area contributed by atoms with E-state index in [4.69, 9.17) is 0 Å². The van der Waals surface area contributed by atoms with Crippen LogP contribution in [0, 0.1) is 5.92 Å². The van der Waals surface area contributed by atoms with Gasteiger partial charge in [-0.05, 0) is 18.8 Å². The summed E-state index contributed by atoms with van der Waals surface area (Å²) in [6.07, 6.45) is -2.50. The van der Waals surface area contributed by atoms with Gasteiger partial charge in [-0.25, -0.2) is 0 Å². The maximum absolute atomic E-state index is 13.0. The molecule has 17 heavy (non-hydrogen) atoms. The number of alkyl halides is 3. The quantitative estimate of drug-likeness (QED) is 0.827. The number of piperazine rings is 1. The highest BCUT2D eigenvalue weighted by Gasteiger charge is 2.66. The zero-order valence-electron chi connectivity index (χ0n) is 10.5. The van der Waals surface area contributed by atoms with Crippen LogP contribution in [0.3, 0.4) is 0 Å². The standard InChI is InChI=1S/C12H21F3N2/c1-3-9(2)10-8-17(7-6-16-10)11(4-5-11)12(13,14)15/h9-10,16H,3-8H2,1-2H3. The summed E-state index contributed by atoms with van der Waals surface area (Å²) in [6, 6.07) is 0.202. The second kappa shape index (κ2) is 4.43. The lowest BCUT2D eigenvalue weighted by Gasteiger charge is -2.41. The van der Waals surface area contributed by atoms with Crippen molar-refractivity contribution in [2.45, 2.75) is 50.9 Å². The summed E-state index contributed by atoms with van der Waals surface area (Å²) < 4.78 is 39.1. The Balaban J connectivity index is 2.03. The van der Waals surface area contributed by atoms with Crippen molar-refractivity contribution in [3.05, 3.63) is 0 Å². The van der Waals surface area contributed by atoms with Crippen LogP contribution in [0.1, 0.15) is 33.1 Å². The van der Waals surface area contributed by atoms with Gasteiger partial charge < -0.3 is 5.32 Å². The third-order valence-electron chi connectivity index (χ3n) is 4.39. The summed E-state index contributed by atoms with van der Waals surface area (Å²) in [4.78, 5) is 1.67. The lowest BCUT2D eigenvalue weighted by atomic mass is 9.96. The van der Waals surface area contributed by atoms with E-state index in [-0.39, 0.29) is 18.9 Å². The molecule has 0 radical (unpaired) electrons. The van der Waals surface area contributed by atoms with Crippen molar-refractivity contribution in [1.29, 1.82) is 0 Å². The van der Waals surface area contributed by atoms with Crippen LogP contribution in [0.5, 0.6) is 0 Å². The summed E-state index contributed by atoms with van der Waals surface area (Å²) in [7, 11) is 0. The summed E-state index contributed by atoms with van der Waals surface area (Å²) in [5.41, 5.74) is -1.49. The van der Waals surface area contributed by atoms with Crippen molar-refractivity contribution in [2.75, 3.05) is 19.6 Å². The average molecular weight is 250 g/mol. The minimum Gasteiger partial charge on any atom is -0.311 e. The van der Waals surface area contributed by atoms with Gasteiger partial charge in [0, 0.05) is 25.7 Å². The summed E-state index contributed by atoms with van der Waals surface area (Å²) >= 11 is 0. The van der Waals surface area contributed by atoms with Gasteiger partial charge in [0.15, 0.2) is 0 Å². The highest BCUT2D eigenvalue weighted by Crippen LogP contribution is 2.53. The number of hydrogen-bond donors (Lipinski definition) is 1. The molecule has 5 heteroatoms. The molecular weight excluding hydrogens is 229 g/mol. The Morgan fingerprint density at radius 3 is 2.53 bits per heavy atom. The first-order chi connectivity index (χ1) is 7.90. The molecule has 2 unspecified atom stereocenters. The molecule has 2 atom stereocenters. The molecule has 100 valence electrons. The Morgan fingerprint density at radius 1 is 1.41 bits per heavy atom. The Hall–Kier alpha value is -0.290. The van der Waals surface area contributed by atoms with E-state index in [1.54, 1.807) is 4.90 Å². The molecule has 1 aliphatic heterocycles. The van der Waals surface area contributed by atoms with E-state index in [2.05, 4.69) is 19.2 Å². The molecule has 2 aliphatic rings. The molecule has 0 aromatic heterocycles. The molecule has 0 aromatic carbocycles. The van der Waals surface area contributed by atoms with Gasteiger partial charge in [0.2, 0.25) is 0 Å². The molecule has 1 aliphatic carbocycles. The Bertz CT molecular complexity index is 273. The van der Waals surface area contributed by atoms with Crippen LogP contribution in [-0.2, 0) is 0 Å². The zero-order chi connectivity index (χ0) is 12.7. The average Bonchev–Trinajstić information content (AvgIpc) is 3.08. The minimum absolute atomic E-state index is 0.202. The number of halogens is 3. The van der Waals surface area contributed by atoms with E-state index in [1.807, 2.05) is 0 Å². The van der Waals surface area contributed by atoms with Gasteiger partial charge >= 0.3 is 6.18 Å². The molecule has 0 spiro atoms. The largest absolute Gasteiger partial charge is 0.406 e. The van der Waals surface area contributed by atoms with Crippen LogP contribution >= 0.6 is 0 Å². The van der Waals surface area contributed by atoms with Gasteiger partial charge in [0.1, 0.15) is 5.54 Å². The number of nitrogens with zero attached hydrogens (tertiary/aromatic N) is 1. The fourth-order valence-corrected chi connectivity index (χ4v) is 2.73. The highest BCUT2D eigenvalue weighted by atomic mass is 19.4. The fourth-order valence-electron chi connectivity index (χ4n) is 2.73. The molecule has 0 bridgehead atoms. The number of rotatable bonds is 3. The topological polar surface area (TPSA) is 15.3 Å². The maximum atomic E-state index is 13.0. The van der Waals surface area contributed by atoms with Crippen molar-refractivity contribution in [1.82, 2.24) is 10.2 Å². The van der Waals surface area contributed by atoms with E-state index in [1.165, 1.54) is 0 Å². The molecule has 0 aromatic rings. The molecule has 1 heterocycles. The van der Waals surface area contributed by atoms with Crippen LogP contribution < -0.4 is 5.32 Å². The lowest BCUT2D eigenvalue weighted by Crippen LogP contribution is -2.60. The van der Waals surface area contributed by atoms with Crippen molar-refractivity contribution < 1.29 is 13.2 Å². The summed E-state index contributed by atoms with van der Waals surface area (Å²) in [5.74, 6) is 0.432. The van der Waals surface area contributed by atoms with Crippen molar-refractivity contribution in [3.8, 4) is 0 Å². The van der Waals surface area contributed by atoms with Crippen LogP contribution in [0.2, 0.25) is 0 Å².